The first-order valence-corrected chi connectivity index (χ1v) is 6.40. The van der Waals surface area contributed by atoms with Gasteiger partial charge in [-0.05, 0) is 18.1 Å². The van der Waals surface area contributed by atoms with Crippen molar-refractivity contribution in [3.63, 3.8) is 0 Å². The molecular formula is C13H22ClNOS. The maximum atomic E-state index is 8.93. The zero-order chi connectivity index (χ0) is 12.2. The van der Waals surface area contributed by atoms with Crippen LogP contribution in [0.25, 0.3) is 0 Å². The lowest BCUT2D eigenvalue weighted by molar-refractivity contribution is 0.276. The molecule has 3 N–H and O–H groups in total. The number of benzene rings is 1. The summed E-state index contributed by atoms with van der Waals surface area (Å²) in [5, 5.41) is 8.93. The molecule has 0 unspecified atom stereocenters. The van der Waals surface area contributed by atoms with Gasteiger partial charge in [0.25, 0.3) is 0 Å². The first-order chi connectivity index (χ1) is 7.44. The maximum Gasteiger partial charge on any atom is 0.0449 e. The molecule has 0 saturated heterocycles. The Balaban J connectivity index is 0.00000256. The highest BCUT2D eigenvalue weighted by Gasteiger charge is 2.17. The summed E-state index contributed by atoms with van der Waals surface area (Å²) in [6, 6.07) is 8.11. The number of thioether (sulfide) groups is 1. The lowest BCUT2D eigenvalue weighted by Gasteiger charge is -2.22. The molecule has 17 heavy (non-hydrogen) atoms. The predicted octanol–water partition coefficient (Wildman–Crippen LogP) is 3.38. The minimum Gasteiger partial charge on any atom is -0.396 e. The highest BCUT2D eigenvalue weighted by atomic mass is 35.5. The van der Waals surface area contributed by atoms with Crippen LogP contribution in [0.4, 0.5) is 0 Å². The highest BCUT2D eigenvalue weighted by Crippen LogP contribution is 2.36. The van der Waals surface area contributed by atoms with Crippen LogP contribution < -0.4 is 5.73 Å². The van der Waals surface area contributed by atoms with Crippen molar-refractivity contribution >= 4 is 24.2 Å². The molecule has 1 rings (SSSR count). The number of aliphatic hydroxyl groups is 1. The van der Waals surface area contributed by atoms with Crippen molar-refractivity contribution in [2.24, 2.45) is 5.73 Å². The van der Waals surface area contributed by atoms with Crippen LogP contribution in [0.3, 0.4) is 0 Å². The molecule has 1 aromatic rings. The zero-order valence-corrected chi connectivity index (χ0v) is 12.3. The normalized spacial score (nSPS) is 13.0. The van der Waals surface area contributed by atoms with Crippen molar-refractivity contribution in [1.82, 2.24) is 0 Å². The van der Waals surface area contributed by atoms with E-state index in [2.05, 4.69) is 32.9 Å². The van der Waals surface area contributed by atoms with Gasteiger partial charge in [-0.3, -0.25) is 0 Å². The summed E-state index contributed by atoms with van der Waals surface area (Å²) in [6.45, 7) is 6.69. The predicted molar refractivity (Wildman–Crippen MR) is 77.9 cm³/mol. The Kier molecular flexibility index (Phi) is 7.17. The molecule has 0 aliphatic rings. The summed E-state index contributed by atoms with van der Waals surface area (Å²) < 4.78 is 0.176. The Morgan fingerprint density at radius 1 is 1.29 bits per heavy atom. The Morgan fingerprint density at radius 3 is 2.41 bits per heavy atom. The van der Waals surface area contributed by atoms with Gasteiger partial charge < -0.3 is 10.8 Å². The number of hydrogen-bond acceptors (Lipinski definition) is 3. The SMILES string of the molecule is CC(C)(C)Sc1ccccc1[C@H](N)CCO.Cl. The number of halogens is 1. The molecule has 98 valence electrons. The van der Waals surface area contributed by atoms with Gasteiger partial charge in [0.05, 0.1) is 0 Å². The quantitative estimate of drug-likeness (QED) is 0.828. The minimum atomic E-state index is -0.0731. The average molecular weight is 276 g/mol. The second-order valence-electron chi connectivity index (χ2n) is 4.87. The lowest BCUT2D eigenvalue weighted by atomic mass is 10.1. The molecule has 1 aromatic carbocycles. The van der Waals surface area contributed by atoms with E-state index in [-0.39, 0.29) is 29.8 Å². The average Bonchev–Trinajstić information content (AvgIpc) is 2.16. The molecule has 0 aliphatic carbocycles. The van der Waals surface area contributed by atoms with Crippen molar-refractivity contribution in [2.45, 2.75) is 42.9 Å². The molecule has 0 aliphatic heterocycles. The Hall–Kier alpha value is -0.220. The Morgan fingerprint density at radius 2 is 1.88 bits per heavy atom. The Labute approximate surface area is 114 Å². The van der Waals surface area contributed by atoms with Gasteiger partial charge in [0, 0.05) is 22.3 Å². The van der Waals surface area contributed by atoms with Gasteiger partial charge in [-0.25, -0.2) is 0 Å². The van der Waals surface area contributed by atoms with Gasteiger partial charge >= 0.3 is 0 Å². The molecule has 0 radical (unpaired) electrons. The van der Waals surface area contributed by atoms with E-state index < -0.39 is 0 Å². The highest BCUT2D eigenvalue weighted by molar-refractivity contribution is 8.00. The molecule has 0 spiro atoms. The van der Waals surface area contributed by atoms with Gasteiger partial charge in [0.2, 0.25) is 0 Å². The van der Waals surface area contributed by atoms with Crippen molar-refractivity contribution in [3.8, 4) is 0 Å². The van der Waals surface area contributed by atoms with E-state index >= 15 is 0 Å². The molecule has 0 fully saturated rings. The summed E-state index contributed by atoms with van der Waals surface area (Å²) >= 11 is 1.82. The largest absolute Gasteiger partial charge is 0.396 e. The second-order valence-corrected chi connectivity index (χ2v) is 6.74. The first kappa shape index (κ1) is 16.8. The van der Waals surface area contributed by atoms with Crippen LogP contribution in [0.15, 0.2) is 29.2 Å². The maximum absolute atomic E-state index is 8.93. The van der Waals surface area contributed by atoms with Gasteiger partial charge in [-0.15, -0.1) is 24.2 Å². The van der Waals surface area contributed by atoms with Gasteiger partial charge in [-0.1, -0.05) is 39.0 Å². The van der Waals surface area contributed by atoms with Crippen molar-refractivity contribution < 1.29 is 5.11 Å². The fraction of sp³-hybridized carbons (Fsp3) is 0.538. The fourth-order valence-corrected chi connectivity index (χ4v) is 2.65. The first-order valence-electron chi connectivity index (χ1n) is 5.58. The zero-order valence-electron chi connectivity index (χ0n) is 10.6. The summed E-state index contributed by atoms with van der Waals surface area (Å²) in [7, 11) is 0. The van der Waals surface area contributed by atoms with Crippen LogP contribution in [-0.4, -0.2) is 16.5 Å². The topological polar surface area (TPSA) is 46.2 Å². The molecule has 0 heterocycles. The number of aliphatic hydroxyl groups excluding tert-OH is 1. The van der Waals surface area contributed by atoms with Gasteiger partial charge in [0.1, 0.15) is 0 Å². The van der Waals surface area contributed by atoms with Crippen LogP contribution in [0.2, 0.25) is 0 Å². The van der Waals surface area contributed by atoms with Crippen LogP contribution in [0.1, 0.15) is 38.8 Å². The van der Waals surface area contributed by atoms with E-state index in [0.29, 0.717) is 6.42 Å². The monoisotopic (exact) mass is 275 g/mol. The van der Waals surface area contributed by atoms with E-state index in [9.17, 15) is 0 Å². The summed E-state index contributed by atoms with van der Waals surface area (Å²) in [5.74, 6) is 0. The van der Waals surface area contributed by atoms with E-state index in [1.165, 1.54) is 4.90 Å². The molecule has 4 heteroatoms. The number of hydrogen-bond donors (Lipinski definition) is 2. The van der Waals surface area contributed by atoms with Crippen LogP contribution >= 0.6 is 24.2 Å². The van der Waals surface area contributed by atoms with E-state index in [1.807, 2.05) is 23.9 Å². The van der Waals surface area contributed by atoms with E-state index in [4.69, 9.17) is 10.8 Å². The molecule has 0 saturated carbocycles. The smallest absolute Gasteiger partial charge is 0.0449 e. The summed E-state index contributed by atoms with van der Waals surface area (Å²) in [4.78, 5) is 1.22. The Bertz CT molecular complexity index is 338. The fourth-order valence-electron chi connectivity index (χ4n) is 1.50. The molecule has 0 amide bonds. The third-order valence-electron chi connectivity index (χ3n) is 2.17. The molecule has 0 aromatic heterocycles. The molecular weight excluding hydrogens is 254 g/mol. The van der Waals surface area contributed by atoms with Crippen LogP contribution in [-0.2, 0) is 0 Å². The summed E-state index contributed by atoms with van der Waals surface area (Å²) in [5.41, 5.74) is 7.19. The summed E-state index contributed by atoms with van der Waals surface area (Å²) in [6.07, 6.45) is 0.613. The third-order valence-corrected chi connectivity index (χ3v) is 3.38. The lowest BCUT2D eigenvalue weighted by Crippen LogP contribution is -2.14. The van der Waals surface area contributed by atoms with Crippen molar-refractivity contribution in [2.75, 3.05) is 6.61 Å². The molecule has 1 atom stereocenters. The molecule has 0 bridgehead atoms. The number of nitrogens with two attached hydrogens (primary N) is 1. The van der Waals surface area contributed by atoms with E-state index in [0.717, 1.165) is 5.56 Å². The van der Waals surface area contributed by atoms with Crippen molar-refractivity contribution in [1.29, 1.82) is 0 Å². The van der Waals surface area contributed by atoms with Gasteiger partial charge in [0.15, 0.2) is 0 Å². The van der Waals surface area contributed by atoms with Crippen LogP contribution in [0.5, 0.6) is 0 Å². The van der Waals surface area contributed by atoms with Crippen LogP contribution in [0, 0.1) is 0 Å². The van der Waals surface area contributed by atoms with E-state index in [1.54, 1.807) is 0 Å². The number of rotatable bonds is 4. The molecule has 2 nitrogen and oxygen atoms in total. The van der Waals surface area contributed by atoms with Gasteiger partial charge in [-0.2, -0.15) is 0 Å². The second kappa shape index (κ2) is 7.27. The minimum absolute atomic E-state index is 0. The standard InChI is InChI=1S/C13H21NOS.ClH/c1-13(2,3)16-12-7-5-4-6-10(12)11(14)8-9-15;/h4-7,11,15H,8-9,14H2,1-3H3;1H/t11-;/m1./s1. The van der Waals surface area contributed by atoms with Crippen molar-refractivity contribution in [3.05, 3.63) is 29.8 Å². The third kappa shape index (κ3) is 5.77.